The molecule has 0 aliphatic heterocycles. The number of ether oxygens (including phenoxy) is 2. The third kappa shape index (κ3) is 3.64. The Morgan fingerprint density at radius 3 is 2.38 bits per heavy atom. The molecule has 0 aliphatic carbocycles. The third-order valence-corrected chi connectivity index (χ3v) is 3.47. The Kier molecular flexibility index (Phi) is 5.00. The van der Waals surface area contributed by atoms with Crippen LogP contribution in [0.5, 0.6) is 11.5 Å². The number of likely N-dealkylation sites (N-methyl/N-ethyl adjacent to an activating group) is 1. The first kappa shape index (κ1) is 15.1. The van der Waals surface area contributed by atoms with Gasteiger partial charge in [0, 0.05) is 18.3 Å². The topological polar surface area (TPSA) is 69.4 Å². The number of anilines is 1. The van der Waals surface area contributed by atoms with E-state index >= 15 is 0 Å². The van der Waals surface area contributed by atoms with Crippen LogP contribution >= 0.6 is 0 Å². The average Bonchev–Trinajstić information content (AvgIpc) is 2.53. The van der Waals surface area contributed by atoms with Gasteiger partial charge < -0.3 is 20.5 Å². The van der Waals surface area contributed by atoms with E-state index in [4.69, 9.17) is 15.2 Å². The van der Waals surface area contributed by atoms with Crippen LogP contribution in [-0.4, -0.2) is 26.3 Å². The van der Waals surface area contributed by atoms with E-state index in [9.17, 15) is 0 Å². The highest BCUT2D eigenvalue weighted by molar-refractivity contribution is 5.43. The lowest BCUT2D eigenvalue weighted by Crippen LogP contribution is -2.19. The summed E-state index contributed by atoms with van der Waals surface area (Å²) in [5, 5.41) is 3.30. The molecule has 1 aromatic heterocycles. The molecule has 0 fully saturated rings. The van der Waals surface area contributed by atoms with Gasteiger partial charge in [-0.15, -0.1) is 0 Å². The summed E-state index contributed by atoms with van der Waals surface area (Å²) in [7, 11) is 5.21. The second kappa shape index (κ2) is 6.95. The minimum absolute atomic E-state index is 0.0977. The molecule has 3 N–H and O–H groups in total. The van der Waals surface area contributed by atoms with Crippen LogP contribution in [0.2, 0.25) is 0 Å². The lowest BCUT2D eigenvalue weighted by molar-refractivity contribution is 0.392. The van der Waals surface area contributed by atoms with Crippen molar-refractivity contribution in [3.05, 3.63) is 47.7 Å². The number of nitrogens with zero attached hydrogens (tertiary/aromatic N) is 1. The number of hydrogen-bond acceptors (Lipinski definition) is 5. The minimum atomic E-state index is 0.0977. The molecule has 0 aliphatic rings. The van der Waals surface area contributed by atoms with Gasteiger partial charge in [-0.25, -0.2) is 4.98 Å². The Hall–Kier alpha value is -2.27. The molecule has 112 valence electrons. The first-order valence-corrected chi connectivity index (χ1v) is 6.77. The summed E-state index contributed by atoms with van der Waals surface area (Å²) < 4.78 is 10.6. The second-order valence-corrected chi connectivity index (χ2v) is 4.74. The quantitative estimate of drug-likeness (QED) is 0.852. The predicted octanol–water partition coefficient (Wildman–Crippen LogP) is 2.18. The van der Waals surface area contributed by atoms with E-state index in [2.05, 4.69) is 10.3 Å². The van der Waals surface area contributed by atoms with Crippen LogP contribution in [-0.2, 0) is 6.42 Å². The van der Waals surface area contributed by atoms with Gasteiger partial charge in [-0.1, -0.05) is 6.07 Å². The maximum atomic E-state index is 5.93. The number of nitrogen functional groups attached to an aromatic ring is 1. The molecule has 21 heavy (non-hydrogen) atoms. The second-order valence-electron chi connectivity index (χ2n) is 4.74. The van der Waals surface area contributed by atoms with Gasteiger partial charge in [0.2, 0.25) is 0 Å². The van der Waals surface area contributed by atoms with E-state index in [1.54, 1.807) is 20.4 Å². The number of hydrogen-bond donors (Lipinski definition) is 2. The van der Waals surface area contributed by atoms with Gasteiger partial charge in [0.1, 0.15) is 17.3 Å². The van der Waals surface area contributed by atoms with Crippen molar-refractivity contribution < 1.29 is 9.47 Å². The zero-order chi connectivity index (χ0) is 15.2. The highest BCUT2D eigenvalue weighted by Crippen LogP contribution is 2.28. The molecule has 5 nitrogen and oxygen atoms in total. The molecule has 1 aromatic carbocycles. The number of nitrogens with one attached hydrogen (secondary N) is 1. The summed E-state index contributed by atoms with van der Waals surface area (Å²) in [6.45, 7) is 0. The predicted molar refractivity (Wildman–Crippen MR) is 83.7 cm³/mol. The van der Waals surface area contributed by atoms with Gasteiger partial charge in [-0.3, -0.25) is 0 Å². The third-order valence-electron chi connectivity index (χ3n) is 3.47. The van der Waals surface area contributed by atoms with Crippen LogP contribution in [0.1, 0.15) is 17.2 Å². The molecule has 0 bridgehead atoms. The largest absolute Gasteiger partial charge is 0.497 e. The first-order chi connectivity index (χ1) is 10.2. The highest BCUT2D eigenvalue weighted by atomic mass is 16.5. The fourth-order valence-electron chi connectivity index (χ4n) is 2.26. The first-order valence-electron chi connectivity index (χ1n) is 6.77. The molecule has 1 atom stereocenters. The molecule has 2 rings (SSSR count). The number of aromatic nitrogens is 1. The Balaban J connectivity index is 2.31. The Morgan fingerprint density at radius 2 is 1.86 bits per heavy atom. The fraction of sp³-hybridized carbons (Fsp3) is 0.312. The molecule has 5 heteroatoms. The van der Waals surface area contributed by atoms with E-state index in [1.807, 2.05) is 37.4 Å². The van der Waals surface area contributed by atoms with Gasteiger partial charge in [0.25, 0.3) is 0 Å². The van der Waals surface area contributed by atoms with Gasteiger partial charge in [-0.05, 0) is 42.8 Å². The molecule has 1 heterocycles. The summed E-state index contributed by atoms with van der Waals surface area (Å²) in [6, 6.07) is 9.83. The van der Waals surface area contributed by atoms with Crippen LogP contribution in [0.25, 0.3) is 0 Å². The summed E-state index contributed by atoms with van der Waals surface area (Å²) in [5.74, 6) is 2.10. The molecule has 0 radical (unpaired) electrons. The van der Waals surface area contributed by atoms with Crippen LogP contribution in [0.4, 0.5) is 5.82 Å². The SMILES string of the molecule is CNC(Cc1cccnc1N)c1cc(OC)cc(OC)c1. The molecular weight excluding hydrogens is 266 g/mol. The Labute approximate surface area is 125 Å². The van der Waals surface area contributed by atoms with Crippen LogP contribution in [0, 0.1) is 0 Å². The number of nitrogens with two attached hydrogens (primary N) is 1. The fourth-order valence-corrected chi connectivity index (χ4v) is 2.26. The Morgan fingerprint density at radius 1 is 1.19 bits per heavy atom. The van der Waals surface area contributed by atoms with E-state index in [-0.39, 0.29) is 6.04 Å². The minimum Gasteiger partial charge on any atom is -0.497 e. The standard InChI is InChI=1S/C16H21N3O2/c1-18-15(9-11-5-4-6-19-16(11)17)12-7-13(20-2)10-14(8-12)21-3/h4-8,10,15,18H,9H2,1-3H3,(H2,17,19). The molecule has 1 unspecified atom stereocenters. The van der Waals surface area contributed by atoms with Gasteiger partial charge in [0.15, 0.2) is 0 Å². The van der Waals surface area contributed by atoms with Crippen molar-refractivity contribution in [2.75, 3.05) is 27.0 Å². The van der Waals surface area contributed by atoms with Crippen molar-refractivity contribution in [1.82, 2.24) is 10.3 Å². The summed E-state index contributed by atoms with van der Waals surface area (Å²) in [4.78, 5) is 4.13. The van der Waals surface area contributed by atoms with E-state index in [1.165, 1.54) is 0 Å². The van der Waals surface area contributed by atoms with E-state index < -0.39 is 0 Å². The lowest BCUT2D eigenvalue weighted by Gasteiger charge is -2.19. The molecule has 0 saturated carbocycles. The van der Waals surface area contributed by atoms with Crippen molar-refractivity contribution in [3.8, 4) is 11.5 Å². The normalized spacial score (nSPS) is 12.0. The van der Waals surface area contributed by atoms with Crippen molar-refractivity contribution in [2.24, 2.45) is 0 Å². The molecular formula is C16H21N3O2. The summed E-state index contributed by atoms with van der Waals surface area (Å²) in [5.41, 5.74) is 8.02. The Bertz CT molecular complexity index is 580. The van der Waals surface area contributed by atoms with Crippen molar-refractivity contribution in [2.45, 2.75) is 12.5 Å². The smallest absolute Gasteiger partial charge is 0.126 e. The van der Waals surface area contributed by atoms with Gasteiger partial charge in [0.05, 0.1) is 14.2 Å². The summed E-state index contributed by atoms with van der Waals surface area (Å²) >= 11 is 0. The van der Waals surface area contributed by atoms with Crippen molar-refractivity contribution >= 4 is 5.82 Å². The van der Waals surface area contributed by atoms with Crippen LogP contribution < -0.4 is 20.5 Å². The number of benzene rings is 1. The van der Waals surface area contributed by atoms with Crippen LogP contribution in [0.15, 0.2) is 36.5 Å². The molecule has 0 spiro atoms. The summed E-state index contributed by atoms with van der Waals surface area (Å²) in [6.07, 6.45) is 2.44. The van der Waals surface area contributed by atoms with Gasteiger partial charge in [-0.2, -0.15) is 0 Å². The monoisotopic (exact) mass is 287 g/mol. The molecule has 0 amide bonds. The van der Waals surface area contributed by atoms with Crippen molar-refractivity contribution in [1.29, 1.82) is 0 Å². The van der Waals surface area contributed by atoms with E-state index in [0.29, 0.717) is 5.82 Å². The lowest BCUT2D eigenvalue weighted by atomic mass is 9.99. The zero-order valence-corrected chi connectivity index (χ0v) is 12.6. The zero-order valence-electron chi connectivity index (χ0n) is 12.6. The molecule has 0 saturated heterocycles. The maximum Gasteiger partial charge on any atom is 0.126 e. The molecule has 2 aromatic rings. The maximum absolute atomic E-state index is 5.93. The number of methoxy groups -OCH3 is 2. The average molecular weight is 287 g/mol. The van der Waals surface area contributed by atoms with Gasteiger partial charge >= 0.3 is 0 Å². The van der Waals surface area contributed by atoms with Crippen molar-refractivity contribution in [3.63, 3.8) is 0 Å². The highest BCUT2D eigenvalue weighted by Gasteiger charge is 2.14. The number of rotatable bonds is 6. The van der Waals surface area contributed by atoms with E-state index in [0.717, 1.165) is 29.0 Å². The number of pyridine rings is 1. The van der Waals surface area contributed by atoms with Crippen LogP contribution in [0.3, 0.4) is 0 Å².